The highest BCUT2D eigenvalue weighted by atomic mass is 15.3. The molecule has 3 heteroatoms. The molecule has 1 N–H and O–H groups in total. The van der Waals surface area contributed by atoms with E-state index in [9.17, 15) is 0 Å². The van der Waals surface area contributed by atoms with Gasteiger partial charge in [0.25, 0.3) is 0 Å². The van der Waals surface area contributed by atoms with Gasteiger partial charge in [-0.05, 0) is 13.8 Å². The van der Waals surface area contributed by atoms with Crippen molar-refractivity contribution in [1.29, 1.82) is 0 Å². The summed E-state index contributed by atoms with van der Waals surface area (Å²) in [6.07, 6.45) is 0. The zero-order chi connectivity index (χ0) is 10.0. The van der Waals surface area contributed by atoms with Crippen molar-refractivity contribution in [3.8, 4) is 0 Å². The fourth-order valence-corrected chi connectivity index (χ4v) is 1.38. The molecule has 3 nitrogen and oxygen atoms in total. The van der Waals surface area contributed by atoms with Crippen molar-refractivity contribution in [3.05, 3.63) is 17.0 Å². The number of nitrogens with zero attached hydrogens (tertiary/aromatic N) is 2. The van der Waals surface area contributed by atoms with Gasteiger partial charge in [-0.1, -0.05) is 13.8 Å². The van der Waals surface area contributed by atoms with E-state index < -0.39 is 0 Å². The van der Waals surface area contributed by atoms with Crippen LogP contribution in [0.2, 0.25) is 0 Å². The smallest absolute Gasteiger partial charge is 0.0641 e. The normalized spacial score (nSPS) is 11.2. The minimum Gasteiger partial charge on any atom is -0.310 e. The van der Waals surface area contributed by atoms with Crippen LogP contribution in [0.1, 0.15) is 30.8 Å². The molecule has 74 valence electrons. The predicted octanol–water partition coefficient (Wildman–Crippen LogP) is 1.53. The number of nitrogens with one attached hydrogen (secondary N) is 1. The molecule has 0 saturated heterocycles. The van der Waals surface area contributed by atoms with E-state index in [4.69, 9.17) is 0 Å². The third-order valence-electron chi connectivity index (χ3n) is 2.35. The summed E-state index contributed by atoms with van der Waals surface area (Å²) in [6.45, 7) is 9.40. The van der Waals surface area contributed by atoms with E-state index in [1.54, 1.807) is 0 Å². The summed E-state index contributed by atoms with van der Waals surface area (Å²) in [5.74, 6) is 0. The lowest BCUT2D eigenvalue weighted by Gasteiger charge is -2.07. The van der Waals surface area contributed by atoms with Gasteiger partial charge in [-0.25, -0.2) is 0 Å². The summed E-state index contributed by atoms with van der Waals surface area (Å²) in [5, 5.41) is 7.77. The summed E-state index contributed by atoms with van der Waals surface area (Å²) in [4.78, 5) is 0. The number of aryl methyl sites for hydroxylation is 2. The summed E-state index contributed by atoms with van der Waals surface area (Å²) < 4.78 is 1.94. The SMILES string of the molecule is Cc1nn(C)c(C)c1CNC(C)C. The Bertz CT molecular complexity index is 287. The van der Waals surface area contributed by atoms with Crippen molar-refractivity contribution in [2.75, 3.05) is 0 Å². The molecule has 0 aliphatic carbocycles. The molecule has 0 aromatic carbocycles. The lowest BCUT2D eigenvalue weighted by Crippen LogP contribution is -2.22. The Kier molecular flexibility index (Phi) is 3.09. The summed E-state index contributed by atoms with van der Waals surface area (Å²) in [5.41, 5.74) is 3.72. The van der Waals surface area contributed by atoms with Crippen LogP contribution in [-0.2, 0) is 13.6 Å². The fraction of sp³-hybridized carbons (Fsp3) is 0.700. The summed E-state index contributed by atoms with van der Waals surface area (Å²) in [7, 11) is 1.99. The van der Waals surface area contributed by atoms with Gasteiger partial charge in [0.1, 0.15) is 0 Å². The summed E-state index contributed by atoms with van der Waals surface area (Å²) in [6, 6.07) is 0.527. The standard InChI is InChI=1S/C10H19N3/c1-7(2)11-6-10-8(3)12-13(5)9(10)4/h7,11H,6H2,1-5H3. The van der Waals surface area contributed by atoms with Crippen LogP contribution in [0.5, 0.6) is 0 Å². The van der Waals surface area contributed by atoms with Crippen LogP contribution in [0, 0.1) is 13.8 Å². The van der Waals surface area contributed by atoms with Crippen molar-refractivity contribution < 1.29 is 0 Å². The van der Waals surface area contributed by atoms with E-state index in [-0.39, 0.29) is 0 Å². The van der Waals surface area contributed by atoms with Gasteiger partial charge >= 0.3 is 0 Å². The highest BCUT2D eigenvalue weighted by Gasteiger charge is 2.08. The van der Waals surface area contributed by atoms with Crippen LogP contribution in [0.3, 0.4) is 0 Å². The van der Waals surface area contributed by atoms with Crippen LogP contribution >= 0.6 is 0 Å². The van der Waals surface area contributed by atoms with Crippen molar-refractivity contribution >= 4 is 0 Å². The van der Waals surface area contributed by atoms with E-state index >= 15 is 0 Å². The first kappa shape index (κ1) is 10.3. The average molecular weight is 181 g/mol. The van der Waals surface area contributed by atoms with Crippen LogP contribution in [0.25, 0.3) is 0 Å². The molecule has 1 rings (SSSR count). The molecule has 0 bridgehead atoms. The molecule has 0 amide bonds. The van der Waals surface area contributed by atoms with Crippen LogP contribution in [-0.4, -0.2) is 15.8 Å². The van der Waals surface area contributed by atoms with Gasteiger partial charge in [-0.15, -0.1) is 0 Å². The quantitative estimate of drug-likeness (QED) is 0.766. The molecule has 0 fully saturated rings. The van der Waals surface area contributed by atoms with Gasteiger partial charge < -0.3 is 5.32 Å². The Hall–Kier alpha value is -0.830. The average Bonchev–Trinajstić information content (AvgIpc) is 2.24. The van der Waals surface area contributed by atoms with Gasteiger partial charge in [-0.3, -0.25) is 4.68 Å². The monoisotopic (exact) mass is 181 g/mol. The number of hydrogen-bond acceptors (Lipinski definition) is 2. The van der Waals surface area contributed by atoms with Gasteiger partial charge in [0.2, 0.25) is 0 Å². The topological polar surface area (TPSA) is 29.9 Å². The first-order valence-electron chi connectivity index (χ1n) is 4.74. The largest absolute Gasteiger partial charge is 0.310 e. The maximum Gasteiger partial charge on any atom is 0.0641 e. The molecule has 0 aliphatic heterocycles. The molecule has 0 saturated carbocycles. The van der Waals surface area contributed by atoms with E-state index in [0.29, 0.717) is 6.04 Å². The van der Waals surface area contributed by atoms with Crippen molar-refractivity contribution in [1.82, 2.24) is 15.1 Å². The Morgan fingerprint density at radius 1 is 1.38 bits per heavy atom. The first-order valence-corrected chi connectivity index (χ1v) is 4.74. The Morgan fingerprint density at radius 2 is 2.00 bits per heavy atom. The van der Waals surface area contributed by atoms with E-state index in [1.807, 2.05) is 11.7 Å². The zero-order valence-corrected chi connectivity index (χ0v) is 9.18. The Balaban J connectivity index is 2.76. The number of rotatable bonds is 3. The minimum absolute atomic E-state index is 0.527. The second kappa shape index (κ2) is 3.92. The van der Waals surface area contributed by atoms with Crippen LogP contribution < -0.4 is 5.32 Å². The molecule has 13 heavy (non-hydrogen) atoms. The van der Waals surface area contributed by atoms with Gasteiger partial charge in [-0.2, -0.15) is 5.10 Å². The first-order chi connectivity index (χ1) is 6.02. The lowest BCUT2D eigenvalue weighted by atomic mass is 10.2. The molecule has 0 spiro atoms. The lowest BCUT2D eigenvalue weighted by molar-refractivity contribution is 0.585. The molecule has 1 aromatic heterocycles. The maximum absolute atomic E-state index is 4.37. The van der Waals surface area contributed by atoms with E-state index in [2.05, 4.69) is 38.1 Å². The number of hydrogen-bond donors (Lipinski definition) is 1. The van der Waals surface area contributed by atoms with Gasteiger partial charge in [0.15, 0.2) is 0 Å². The Labute approximate surface area is 80.1 Å². The molecule has 0 atom stereocenters. The molecular formula is C10H19N3. The summed E-state index contributed by atoms with van der Waals surface area (Å²) >= 11 is 0. The molecule has 0 aliphatic rings. The molecule has 0 unspecified atom stereocenters. The highest BCUT2D eigenvalue weighted by Crippen LogP contribution is 2.11. The maximum atomic E-state index is 4.37. The van der Waals surface area contributed by atoms with Crippen molar-refractivity contribution in [2.24, 2.45) is 7.05 Å². The highest BCUT2D eigenvalue weighted by molar-refractivity contribution is 5.23. The molecular weight excluding hydrogens is 162 g/mol. The third-order valence-corrected chi connectivity index (χ3v) is 2.35. The minimum atomic E-state index is 0.527. The van der Waals surface area contributed by atoms with E-state index in [0.717, 1.165) is 12.2 Å². The van der Waals surface area contributed by atoms with Crippen LogP contribution in [0.15, 0.2) is 0 Å². The fourth-order valence-electron chi connectivity index (χ4n) is 1.38. The molecule has 1 aromatic rings. The third kappa shape index (κ3) is 2.31. The van der Waals surface area contributed by atoms with Gasteiger partial charge in [0, 0.05) is 30.9 Å². The zero-order valence-electron chi connectivity index (χ0n) is 9.18. The van der Waals surface area contributed by atoms with Crippen molar-refractivity contribution in [3.63, 3.8) is 0 Å². The molecule has 0 radical (unpaired) electrons. The second-order valence-electron chi connectivity index (χ2n) is 3.81. The van der Waals surface area contributed by atoms with Crippen molar-refractivity contribution in [2.45, 2.75) is 40.3 Å². The second-order valence-corrected chi connectivity index (χ2v) is 3.81. The van der Waals surface area contributed by atoms with Crippen LogP contribution in [0.4, 0.5) is 0 Å². The van der Waals surface area contributed by atoms with E-state index in [1.165, 1.54) is 11.3 Å². The Morgan fingerprint density at radius 3 is 2.38 bits per heavy atom. The predicted molar refractivity (Wildman–Crippen MR) is 54.7 cm³/mol. The molecule has 1 heterocycles. The van der Waals surface area contributed by atoms with Gasteiger partial charge in [0.05, 0.1) is 5.69 Å². The number of aromatic nitrogens is 2.